The van der Waals surface area contributed by atoms with Crippen molar-refractivity contribution in [2.24, 2.45) is 0 Å². The Balaban J connectivity index is 1.52. The SMILES string of the molecule is C[C@@H](OC(=O)c1ccccc1Cl)C(=O)Nc1ccc(OCc2ccccc2)cc1. The van der Waals surface area contributed by atoms with Gasteiger partial charge in [0.05, 0.1) is 10.6 Å². The molecule has 6 heteroatoms. The van der Waals surface area contributed by atoms with Crippen molar-refractivity contribution in [1.82, 2.24) is 0 Å². The second-order valence-electron chi connectivity index (χ2n) is 6.32. The lowest BCUT2D eigenvalue weighted by atomic mass is 10.2. The predicted molar refractivity (Wildman–Crippen MR) is 112 cm³/mol. The van der Waals surface area contributed by atoms with E-state index in [0.717, 1.165) is 5.56 Å². The van der Waals surface area contributed by atoms with Crippen molar-refractivity contribution in [2.75, 3.05) is 5.32 Å². The number of rotatable bonds is 7. The minimum Gasteiger partial charge on any atom is -0.489 e. The van der Waals surface area contributed by atoms with Gasteiger partial charge in [-0.2, -0.15) is 0 Å². The molecule has 0 saturated heterocycles. The third-order valence-corrected chi connectivity index (χ3v) is 4.45. The van der Waals surface area contributed by atoms with Gasteiger partial charge in [0, 0.05) is 5.69 Å². The molecule has 0 spiro atoms. The maximum Gasteiger partial charge on any atom is 0.340 e. The van der Waals surface area contributed by atoms with E-state index in [9.17, 15) is 9.59 Å². The van der Waals surface area contributed by atoms with Crippen molar-refractivity contribution >= 4 is 29.2 Å². The molecule has 29 heavy (non-hydrogen) atoms. The largest absolute Gasteiger partial charge is 0.489 e. The molecule has 3 aromatic carbocycles. The van der Waals surface area contributed by atoms with Crippen molar-refractivity contribution < 1.29 is 19.1 Å². The molecule has 0 aromatic heterocycles. The number of amides is 1. The van der Waals surface area contributed by atoms with Gasteiger partial charge in [0.1, 0.15) is 12.4 Å². The molecule has 0 aliphatic carbocycles. The summed E-state index contributed by atoms with van der Waals surface area (Å²) in [7, 11) is 0. The minimum absolute atomic E-state index is 0.216. The van der Waals surface area contributed by atoms with Crippen LogP contribution in [0.5, 0.6) is 5.75 Å². The molecule has 1 N–H and O–H groups in total. The Morgan fingerprint density at radius 1 is 0.931 bits per heavy atom. The minimum atomic E-state index is -0.979. The molecule has 3 aromatic rings. The fourth-order valence-corrected chi connectivity index (χ4v) is 2.74. The fourth-order valence-electron chi connectivity index (χ4n) is 2.52. The zero-order valence-electron chi connectivity index (χ0n) is 15.8. The van der Waals surface area contributed by atoms with E-state index >= 15 is 0 Å². The van der Waals surface area contributed by atoms with Gasteiger partial charge in [0.2, 0.25) is 0 Å². The monoisotopic (exact) mass is 409 g/mol. The lowest BCUT2D eigenvalue weighted by molar-refractivity contribution is -0.123. The molecule has 0 saturated carbocycles. The van der Waals surface area contributed by atoms with Crippen molar-refractivity contribution in [2.45, 2.75) is 19.6 Å². The zero-order valence-corrected chi connectivity index (χ0v) is 16.6. The van der Waals surface area contributed by atoms with Crippen LogP contribution in [0.4, 0.5) is 5.69 Å². The standard InChI is InChI=1S/C23H20ClNO4/c1-16(29-23(27)20-9-5-6-10-21(20)24)22(26)25-18-11-13-19(14-12-18)28-15-17-7-3-2-4-8-17/h2-14,16H,15H2,1H3,(H,25,26)/t16-/m1/s1. The van der Waals surface area contributed by atoms with E-state index in [-0.39, 0.29) is 10.6 Å². The Hall–Kier alpha value is -3.31. The summed E-state index contributed by atoms with van der Waals surface area (Å²) in [4.78, 5) is 24.5. The molecule has 0 aliphatic heterocycles. The fraction of sp³-hybridized carbons (Fsp3) is 0.130. The summed E-state index contributed by atoms with van der Waals surface area (Å²) in [6.07, 6.45) is -0.979. The highest BCUT2D eigenvalue weighted by atomic mass is 35.5. The lowest BCUT2D eigenvalue weighted by Crippen LogP contribution is -2.30. The first-order chi connectivity index (χ1) is 14.0. The van der Waals surface area contributed by atoms with E-state index in [1.807, 2.05) is 30.3 Å². The number of carbonyl (C=O) groups is 2. The quantitative estimate of drug-likeness (QED) is 0.551. The molecule has 0 fully saturated rings. The van der Waals surface area contributed by atoms with E-state index in [1.54, 1.807) is 48.5 Å². The van der Waals surface area contributed by atoms with E-state index in [0.29, 0.717) is 18.0 Å². The Bertz CT molecular complexity index is 974. The topological polar surface area (TPSA) is 64.6 Å². The van der Waals surface area contributed by atoms with Gasteiger partial charge in [-0.1, -0.05) is 54.1 Å². The first-order valence-electron chi connectivity index (χ1n) is 9.06. The van der Waals surface area contributed by atoms with Crippen LogP contribution in [0.25, 0.3) is 0 Å². The van der Waals surface area contributed by atoms with Gasteiger partial charge >= 0.3 is 5.97 Å². The van der Waals surface area contributed by atoms with E-state index in [4.69, 9.17) is 21.1 Å². The first kappa shape index (κ1) is 20.4. The van der Waals surface area contributed by atoms with Crippen LogP contribution in [0, 0.1) is 0 Å². The first-order valence-corrected chi connectivity index (χ1v) is 9.44. The molecular weight excluding hydrogens is 390 g/mol. The van der Waals surface area contributed by atoms with Crippen LogP contribution in [0.1, 0.15) is 22.8 Å². The molecule has 5 nitrogen and oxygen atoms in total. The third-order valence-electron chi connectivity index (χ3n) is 4.12. The maximum absolute atomic E-state index is 12.3. The van der Waals surface area contributed by atoms with Crippen LogP contribution < -0.4 is 10.1 Å². The van der Waals surface area contributed by atoms with Gasteiger partial charge in [0.15, 0.2) is 6.10 Å². The molecule has 0 heterocycles. The average molecular weight is 410 g/mol. The van der Waals surface area contributed by atoms with Crippen LogP contribution in [0.3, 0.4) is 0 Å². The average Bonchev–Trinajstić information content (AvgIpc) is 2.74. The zero-order chi connectivity index (χ0) is 20.6. The Labute approximate surface area is 174 Å². The third kappa shape index (κ3) is 5.83. The Morgan fingerprint density at radius 2 is 1.59 bits per heavy atom. The number of nitrogens with one attached hydrogen (secondary N) is 1. The summed E-state index contributed by atoms with van der Waals surface area (Å²) in [6, 6.07) is 23.3. The normalized spacial score (nSPS) is 11.4. The van der Waals surface area contributed by atoms with Gasteiger partial charge in [0.25, 0.3) is 5.91 Å². The molecule has 0 bridgehead atoms. The van der Waals surface area contributed by atoms with Gasteiger partial charge in [-0.15, -0.1) is 0 Å². The Morgan fingerprint density at radius 3 is 2.28 bits per heavy atom. The number of benzene rings is 3. The number of hydrogen-bond donors (Lipinski definition) is 1. The molecule has 3 rings (SSSR count). The van der Waals surface area contributed by atoms with E-state index < -0.39 is 18.0 Å². The number of halogens is 1. The predicted octanol–water partition coefficient (Wildman–Crippen LogP) is 5.10. The molecule has 1 atom stereocenters. The lowest BCUT2D eigenvalue weighted by Gasteiger charge is -2.14. The summed E-state index contributed by atoms with van der Waals surface area (Å²) in [5.74, 6) is -0.406. The second-order valence-corrected chi connectivity index (χ2v) is 6.72. The number of esters is 1. The van der Waals surface area contributed by atoms with Gasteiger partial charge in [-0.05, 0) is 48.9 Å². The summed E-state index contributed by atoms with van der Waals surface area (Å²) in [5.41, 5.74) is 1.86. The summed E-state index contributed by atoms with van der Waals surface area (Å²) in [5, 5.41) is 2.98. The number of ether oxygens (including phenoxy) is 2. The van der Waals surface area contributed by atoms with Gasteiger partial charge < -0.3 is 14.8 Å². The van der Waals surface area contributed by atoms with Crippen LogP contribution in [0.15, 0.2) is 78.9 Å². The number of hydrogen-bond acceptors (Lipinski definition) is 4. The molecule has 0 aliphatic rings. The summed E-state index contributed by atoms with van der Waals surface area (Å²) >= 11 is 5.98. The highest BCUT2D eigenvalue weighted by Gasteiger charge is 2.20. The van der Waals surface area contributed by atoms with Crippen molar-refractivity contribution in [3.05, 3.63) is 95.0 Å². The van der Waals surface area contributed by atoms with Crippen molar-refractivity contribution in [1.29, 1.82) is 0 Å². The highest BCUT2D eigenvalue weighted by molar-refractivity contribution is 6.33. The van der Waals surface area contributed by atoms with E-state index in [1.165, 1.54) is 6.92 Å². The Kier molecular flexibility index (Phi) is 6.87. The van der Waals surface area contributed by atoms with Gasteiger partial charge in [-0.25, -0.2) is 4.79 Å². The number of anilines is 1. The van der Waals surface area contributed by atoms with E-state index in [2.05, 4.69) is 5.32 Å². The molecule has 148 valence electrons. The summed E-state index contributed by atoms with van der Waals surface area (Å²) in [6.45, 7) is 1.96. The van der Waals surface area contributed by atoms with Crippen LogP contribution >= 0.6 is 11.6 Å². The van der Waals surface area contributed by atoms with Crippen LogP contribution in [0.2, 0.25) is 5.02 Å². The number of carbonyl (C=O) groups excluding carboxylic acids is 2. The molecule has 0 radical (unpaired) electrons. The smallest absolute Gasteiger partial charge is 0.340 e. The van der Waals surface area contributed by atoms with Crippen LogP contribution in [-0.2, 0) is 16.1 Å². The molecule has 0 unspecified atom stereocenters. The highest BCUT2D eigenvalue weighted by Crippen LogP contribution is 2.19. The molecular formula is C23H20ClNO4. The van der Waals surface area contributed by atoms with Gasteiger partial charge in [-0.3, -0.25) is 4.79 Å². The second kappa shape index (κ2) is 9.75. The van der Waals surface area contributed by atoms with Crippen molar-refractivity contribution in [3.63, 3.8) is 0 Å². The van der Waals surface area contributed by atoms with Crippen molar-refractivity contribution in [3.8, 4) is 5.75 Å². The maximum atomic E-state index is 12.3. The van der Waals surface area contributed by atoms with Crippen LogP contribution in [-0.4, -0.2) is 18.0 Å². The molecule has 1 amide bonds. The summed E-state index contributed by atoms with van der Waals surface area (Å²) < 4.78 is 10.9.